The van der Waals surface area contributed by atoms with Gasteiger partial charge in [-0.1, -0.05) is 18.2 Å². The van der Waals surface area contributed by atoms with Gasteiger partial charge in [0.25, 0.3) is 0 Å². The first kappa shape index (κ1) is 13.2. The first-order valence-corrected chi connectivity index (χ1v) is 6.98. The van der Waals surface area contributed by atoms with Crippen molar-refractivity contribution in [2.45, 2.75) is 32.0 Å². The number of nitrogens with zero attached hydrogens (tertiary/aromatic N) is 2. The summed E-state index contributed by atoms with van der Waals surface area (Å²) >= 11 is 0. The zero-order valence-corrected chi connectivity index (χ0v) is 12.5. The Hall–Kier alpha value is -1.81. The maximum absolute atomic E-state index is 12.3. The molecule has 0 unspecified atom stereocenters. The number of fused-ring (bicyclic) bond motifs is 1. The standard InChI is InChI=1S/C16H21N3O/c1-16(2)17-13(15(20)19(16)4)9-11-10-18(3)14-8-6-5-7-12(11)14/h5-8,10,13,17H,9H2,1-4H3/t13-/m0/s1. The summed E-state index contributed by atoms with van der Waals surface area (Å²) in [6.07, 6.45) is 2.86. The van der Waals surface area contributed by atoms with Gasteiger partial charge in [0.2, 0.25) is 5.91 Å². The van der Waals surface area contributed by atoms with Crippen molar-refractivity contribution < 1.29 is 4.79 Å². The van der Waals surface area contributed by atoms with E-state index in [1.165, 1.54) is 16.5 Å². The zero-order chi connectivity index (χ0) is 14.5. The lowest BCUT2D eigenvalue weighted by molar-refractivity contribution is -0.129. The highest BCUT2D eigenvalue weighted by molar-refractivity contribution is 5.88. The second-order valence-corrected chi connectivity index (χ2v) is 6.14. The van der Waals surface area contributed by atoms with Crippen LogP contribution in [0, 0.1) is 0 Å². The monoisotopic (exact) mass is 271 g/mol. The van der Waals surface area contributed by atoms with E-state index in [1.54, 1.807) is 4.90 Å². The van der Waals surface area contributed by atoms with Crippen LogP contribution in [0.5, 0.6) is 0 Å². The highest BCUT2D eigenvalue weighted by atomic mass is 16.2. The van der Waals surface area contributed by atoms with Gasteiger partial charge in [-0.15, -0.1) is 0 Å². The average Bonchev–Trinajstić information content (AvgIpc) is 2.82. The minimum absolute atomic E-state index is 0.138. The Labute approximate surface area is 119 Å². The quantitative estimate of drug-likeness (QED) is 0.905. The van der Waals surface area contributed by atoms with Crippen LogP contribution in [0.15, 0.2) is 30.5 Å². The van der Waals surface area contributed by atoms with Crippen LogP contribution in [0.25, 0.3) is 10.9 Å². The smallest absolute Gasteiger partial charge is 0.241 e. The van der Waals surface area contributed by atoms with E-state index < -0.39 is 0 Å². The second-order valence-electron chi connectivity index (χ2n) is 6.14. The van der Waals surface area contributed by atoms with Crippen molar-refractivity contribution in [1.29, 1.82) is 0 Å². The Bertz CT molecular complexity index is 671. The van der Waals surface area contributed by atoms with E-state index in [1.807, 2.05) is 40.1 Å². The summed E-state index contributed by atoms with van der Waals surface area (Å²) in [7, 11) is 3.91. The van der Waals surface area contributed by atoms with Gasteiger partial charge < -0.3 is 9.47 Å². The molecule has 1 aliphatic heterocycles. The molecule has 1 N–H and O–H groups in total. The largest absolute Gasteiger partial charge is 0.350 e. The van der Waals surface area contributed by atoms with Gasteiger partial charge in [-0.05, 0) is 31.9 Å². The highest BCUT2D eigenvalue weighted by Crippen LogP contribution is 2.25. The van der Waals surface area contributed by atoms with Crippen LogP contribution in [0.4, 0.5) is 0 Å². The molecule has 1 amide bonds. The molecule has 1 aliphatic rings. The molecular formula is C16H21N3O. The zero-order valence-electron chi connectivity index (χ0n) is 12.5. The molecule has 4 heteroatoms. The van der Waals surface area contributed by atoms with Crippen LogP contribution in [-0.4, -0.2) is 34.1 Å². The number of aromatic nitrogens is 1. The van der Waals surface area contributed by atoms with E-state index in [-0.39, 0.29) is 17.6 Å². The first-order chi connectivity index (χ1) is 9.40. The molecule has 4 nitrogen and oxygen atoms in total. The first-order valence-electron chi connectivity index (χ1n) is 6.98. The number of carbonyl (C=O) groups excluding carboxylic acids is 1. The van der Waals surface area contributed by atoms with E-state index in [2.05, 4.69) is 28.2 Å². The number of nitrogens with one attached hydrogen (secondary N) is 1. The van der Waals surface area contributed by atoms with Crippen molar-refractivity contribution in [2.24, 2.45) is 7.05 Å². The molecule has 0 spiro atoms. The molecular weight excluding hydrogens is 250 g/mol. The lowest BCUT2D eigenvalue weighted by atomic mass is 10.1. The Balaban J connectivity index is 1.93. The number of benzene rings is 1. The summed E-state index contributed by atoms with van der Waals surface area (Å²) in [5, 5.41) is 4.65. The number of aryl methyl sites for hydroxylation is 1. The average molecular weight is 271 g/mol. The Morgan fingerprint density at radius 2 is 1.95 bits per heavy atom. The van der Waals surface area contributed by atoms with E-state index >= 15 is 0 Å². The molecule has 2 aromatic rings. The van der Waals surface area contributed by atoms with Crippen molar-refractivity contribution in [3.05, 3.63) is 36.0 Å². The van der Waals surface area contributed by atoms with Crippen LogP contribution in [0.3, 0.4) is 0 Å². The van der Waals surface area contributed by atoms with Crippen LogP contribution in [0.2, 0.25) is 0 Å². The third kappa shape index (κ3) is 1.91. The van der Waals surface area contributed by atoms with Crippen molar-refractivity contribution in [3.63, 3.8) is 0 Å². The van der Waals surface area contributed by atoms with Gasteiger partial charge in [0, 0.05) is 31.2 Å². The van der Waals surface area contributed by atoms with E-state index in [9.17, 15) is 4.79 Å². The van der Waals surface area contributed by atoms with Crippen LogP contribution >= 0.6 is 0 Å². The van der Waals surface area contributed by atoms with E-state index in [0.717, 1.165) is 6.42 Å². The molecule has 2 heterocycles. The number of hydrogen-bond donors (Lipinski definition) is 1. The number of para-hydroxylation sites is 1. The fourth-order valence-electron chi connectivity index (χ4n) is 3.04. The van der Waals surface area contributed by atoms with Crippen LogP contribution < -0.4 is 5.32 Å². The van der Waals surface area contributed by atoms with Gasteiger partial charge in [-0.2, -0.15) is 0 Å². The molecule has 1 atom stereocenters. The van der Waals surface area contributed by atoms with Crippen molar-refractivity contribution in [3.8, 4) is 0 Å². The second kappa shape index (κ2) is 4.35. The predicted molar refractivity (Wildman–Crippen MR) is 80.4 cm³/mol. The predicted octanol–water partition coefficient (Wildman–Crippen LogP) is 1.89. The summed E-state index contributed by atoms with van der Waals surface area (Å²) in [5.74, 6) is 0.169. The summed E-state index contributed by atoms with van der Waals surface area (Å²) in [6.45, 7) is 4.07. The topological polar surface area (TPSA) is 37.3 Å². The van der Waals surface area contributed by atoms with Gasteiger partial charge in [-0.25, -0.2) is 0 Å². The van der Waals surface area contributed by atoms with Crippen LogP contribution in [0.1, 0.15) is 19.4 Å². The molecule has 0 radical (unpaired) electrons. The van der Waals surface area contributed by atoms with Gasteiger partial charge in [0.05, 0.1) is 11.7 Å². The molecule has 0 aliphatic carbocycles. The minimum Gasteiger partial charge on any atom is -0.350 e. The summed E-state index contributed by atoms with van der Waals surface area (Å²) in [5.41, 5.74) is 2.16. The molecule has 20 heavy (non-hydrogen) atoms. The molecule has 1 fully saturated rings. The van der Waals surface area contributed by atoms with Crippen LogP contribution in [-0.2, 0) is 18.3 Å². The fraction of sp³-hybridized carbons (Fsp3) is 0.438. The lowest BCUT2D eigenvalue weighted by Gasteiger charge is -2.27. The number of hydrogen-bond acceptors (Lipinski definition) is 2. The fourth-order valence-corrected chi connectivity index (χ4v) is 3.04. The molecule has 0 saturated carbocycles. The summed E-state index contributed by atoms with van der Waals surface area (Å²) in [4.78, 5) is 14.1. The Morgan fingerprint density at radius 1 is 1.25 bits per heavy atom. The molecule has 1 aromatic carbocycles. The SMILES string of the molecule is CN1C(=O)[C@H](Cc2cn(C)c3ccccc23)NC1(C)C. The maximum Gasteiger partial charge on any atom is 0.241 e. The Morgan fingerprint density at radius 3 is 2.60 bits per heavy atom. The van der Waals surface area contributed by atoms with Crippen molar-refractivity contribution in [2.75, 3.05) is 7.05 Å². The van der Waals surface area contributed by atoms with Crippen molar-refractivity contribution in [1.82, 2.24) is 14.8 Å². The van der Waals surface area contributed by atoms with Gasteiger partial charge >= 0.3 is 0 Å². The highest BCUT2D eigenvalue weighted by Gasteiger charge is 2.41. The van der Waals surface area contributed by atoms with E-state index in [0.29, 0.717) is 0 Å². The molecule has 0 bridgehead atoms. The number of likely N-dealkylation sites (N-methyl/N-ethyl adjacent to an activating group) is 1. The Kier molecular flexibility index (Phi) is 2.87. The summed E-state index contributed by atoms with van der Waals surface area (Å²) in [6, 6.07) is 8.19. The number of amides is 1. The maximum atomic E-state index is 12.3. The minimum atomic E-state index is -0.271. The molecule has 3 rings (SSSR count). The van der Waals surface area contributed by atoms with Crippen molar-refractivity contribution >= 4 is 16.8 Å². The lowest BCUT2D eigenvalue weighted by Crippen LogP contribution is -2.45. The summed E-state index contributed by atoms with van der Waals surface area (Å²) < 4.78 is 2.12. The van der Waals surface area contributed by atoms with Gasteiger partial charge in [0.1, 0.15) is 0 Å². The number of rotatable bonds is 2. The van der Waals surface area contributed by atoms with Gasteiger partial charge in [0.15, 0.2) is 0 Å². The molecule has 106 valence electrons. The normalized spacial score (nSPS) is 21.9. The molecule has 1 aromatic heterocycles. The third-order valence-electron chi connectivity index (χ3n) is 4.40. The van der Waals surface area contributed by atoms with Gasteiger partial charge in [-0.3, -0.25) is 10.1 Å². The number of carbonyl (C=O) groups is 1. The molecule has 1 saturated heterocycles. The van der Waals surface area contributed by atoms with E-state index in [4.69, 9.17) is 0 Å². The third-order valence-corrected chi connectivity index (χ3v) is 4.40.